The molecule has 0 spiro atoms. The minimum absolute atomic E-state index is 0.0678. The molecule has 0 bridgehead atoms. The van der Waals surface area contributed by atoms with E-state index < -0.39 is 52.5 Å². The lowest BCUT2D eigenvalue weighted by molar-refractivity contribution is -0.143. The fourth-order valence-corrected chi connectivity index (χ4v) is 3.28. The molecule has 1 N–H and O–H groups in total. The number of hydrogen-bond donors (Lipinski definition) is 1. The van der Waals surface area contributed by atoms with Gasteiger partial charge in [-0.3, -0.25) is 4.79 Å². The van der Waals surface area contributed by atoms with Crippen molar-refractivity contribution in [3.05, 3.63) is 79.7 Å². The lowest BCUT2D eigenvalue weighted by Crippen LogP contribution is -2.26. The molecule has 0 saturated carbocycles. The van der Waals surface area contributed by atoms with Gasteiger partial charge in [-0.25, -0.2) is 9.55 Å². The predicted molar refractivity (Wildman–Crippen MR) is 105 cm³/mol. The number of rotatable bonds is 3. The maximum Gasteiger partial charge on any atom is 0.433 e. The van der Waals surface area contributed by atoms with Crippen molar-refractivity contribution >= 4 is 34.8 Å². The van der Waals surface area contributed by atoms with E-state index in [0.29, 0.717) is 10.6 Å². The highest BCUT2D eigenvalue weighted by molar-refractivity contribution is 6.35. The molecule has 0 radical (unpaired) electrons. The Morgan fingerprint density at radius 1 is 0.794 bits per heavy atom. The first-order valence-electron chi connectivity index (χ1n) is 8.70. The van der Waals surface area contributed by atoms with Gasteiger partial charge >= 0.3 is 18.5 Å². The molecule has 0 amide bonds. The summed E-state index contributed by atoms with van der Waals surface area (Å²) < 4.78 is 119. The molecular weight excluding hydrogens is 528 g/mol. The van der Waals surface area contributed by atoms with Gasteiger partial charge in [0.05, 0.1) is 27.5 Å². The maximum atomic E-state index is 13.5. The van der Waals surface area contributed by atoms with Crippen LogP contribution >= 0.6 is 23.2 Å². The first-order chi connectivity index (χ1) is 15.5. The van der Waals surface area contributed by atoms with Crippen molar-refractivity contribution in [3.8, 4) is 5.69 Å². The smallest absolute Gasteiger partial charge is 0.325 e. The molecule has 182 valence electrons. The van der Waals surface area contributed by atoms with E-state index in [-0.39, 0.29) is 33.9 Å². The van der Waals surface area contributed by atoms with Crippen LogP contribution in [0, 0.1) is 0 Å². The molecular formula is C19H8Cl2F9N3O. The van der Waals surface area contributed by atoms with Gasteiger partial charge in [0.25, 0.3) is 5.56 Å². The zero-order valence-corrected chi connectivity index (χ0v) is 17.5. The Hall–Kier alpha value is -2.93. The zero-order valence-electron chi connectivity index (χ0n) is 16.0. The van der Waals surface area contributed by atoms with Gasteiger partial charge in [-0.1, -0.05) is 23.2 Å². The number of halogens is 11. The second-order valence-corrected chi connectivity index (χ2v) is 7.46. The molecule has 0 atom stereocenters. The lowest BCUT2D eigenvalue weighted by atomic mass is 10.1. The molecule has 4 nitrogen and oxygen atoms in total. The quantitative estimate of drug-likeness (QED) is 0.357. The van der Waals surface area contributed by atoms with Gasteiger partial charge in [-0.05, 0) is 36.4 Å². The lowest BCUT2D eigenvalue weighted by Gasteiger charge is -2.20. The third-order valence-electron chi connectivity index (χ3n) is 4.26. The van der Waals surface area contributed by atoms with E-state index >= 15 is 0 Å². The van der Waals surface area contributed by atoms with E-state index in [4.69, 9.17) is 23.2 Å². The molecule has 0 saturated heterocycles. The number of anilines is 2. The fraction of sp³-hybridized carbons (Fsp3) is 0.158. The Morgan fingerprint density at radius 2 is 1.44 bits per heavy atom. The van der Waals surface area contributed by atoms with Crippen LogP contribution in [0.5, 0.6) is 0 Å². The molecule has 2 aromatic carbocycles. The fourth-order valence-electron chi connectivity index (χ4n) is 2.79. The summed E-state index contributed by atoms with van der Waals surface area (Å²) in [6, 6.07) is 3.86. The van der Waals surface area contributed by atoms with Crippen molar-refractivity contribution in [2.75, 3.05) is 5.32 Å². The summed E-state index contributed by atoms with van der Waals surface area (Å²) in [7, 11) is 0. The van der Waals surface area contributed by atoms with E-state index in [1.165, 1.54) is 6.07 Å². The van der Waals surface area contributed by atoms with Crippen LogP contribution in [-0.4, -0.2) is 9.55 Å². The monoisotopic (exact) mass is 535 g/mol. The van der Waals surface area contributed by atoms with Crippen molar-refractivity contribution in [1.82, 2.24) is 9.55 Å². The van der Waals surface area contributed by atoms with Gasteiger partial charge in [0.2, 0.25) is 5.95 Å². The van der Waals surface area contributed by atoms with Crippen molar-refractivity contribution < 1.29 is 39.5 Å². The van der Waals surface area contributed by atoms with Crippen molar-refractivity contribution in [2.45, 2.75) is 18.5 Å². The molecule has 3 rings (SSSR count). The van der Waals surface area contributed by atoms with Gasteiger partial charge in [-0.15, -0.1) is 0 Å². The summed E-state index contributed by atoms with van der Waals surface area (Å²) in [5, 5.41) is 1.69. The van der Waals surface area contributed by atoms with E-state index in [0.717, 1.165) is 12.1 Å². The second kappa shape index (κ2) is 8.69. The molecule has 0 aliphatic heterocycles. The molecule has 0 unspecified atom stereocenters. The summed E-state index contributed by atoms with van der Waals surface area (Å²) in [6.07, 6.45) is -15.7. The van der Waals surface area contributed by atoms with Gasteiger partial charge in [0, 0.05) is 11.1 Å². The molecule has 3 aromatic rings. The van der Waals surface area contributed by atoms with Crippen LogP contribution < -0.4 is 10.9 Å². The van der Waals surface area contributed by atoms with Crippen LogP contribution in [0.15, 0.2) is 47.3 Å². The predicted octanol–water partition coefficient (Wildman–Crippen LogP) is 7.34. The molecule has 1 heterocycles. The van der Waals surface area contributed by atoms with E-state index in [9.17, 15) is 44.3 Å². The average Bonchev–Trinajstić information content (AvgIpc) is 2.66. The number of alkyl halides is 9. The topological polar surface area (TPSA) is 46.9 Å². The standard InChI is InChI=1S/C19H8Cl2F9N3O/c20-9-2-4-13(11(21)6-9)33-15(34)7-14(19(28,29)30)32-16(33)31-12-3-1-8(17(22,23)24)5-10(12)18(25,26)27/h1-7H,(H,31,32). The van der Waals surface area contributed by atoms with Crippen molar-refractivity contribution in [3.63, 3.8) is 0 Å². The van der Waals surface area contributed by atoms with Gasteiger partial charge in [0.15, 0.2) is 5.69 Å². The number of nitrogens with zero attached hydrogens (tertiary/aromatic N) is 2. The zero-order chi connectivity index (χ0) is 25.6. The first-order valence-corrected chi connectivity index (χ1v) is 9.46. The van der Waals surface area contributed by atoms with Crippen LogP contribution in [0.2, 0.25) is 10.0 Å². The summed E-state index contributed by atoms with van der Waals surface area (Å²) in [5.41, 5.74) is -8.06. The maximum absolute atomic E-state index is 13.5. The summed E-state index contributed by atoms with van der Waals surface area (Å²) in [6.45, 7) is 0. The Morgan fingerprint density at radius 3 is 1.97 bits per heavy atom. The SMILES string of the molecule is O=c1cc(C(F)(F)F)nc(Nc2ccc(C(F)(F)F)cc2C(F)(F)F)n1-c1ccc(Cl)cc1Cl. The number of hydrogen-bond acceptors (Lipinski definition) is 3. The minimum atomic E-state index is -5.35. The molecule has 0 fully saturated rings. The first kappa shape index (κ1) is 25.7. The van der Waals surface area contributed by atoms with Crippen LogP contribution in [0.25, 0.3) is 5.69 Å². The van der Waals surface area contributed by atoms with Crippen LogP contribution in [0.4, 0.5) is 51.1 Å². The summed E-state index contributed by atoms with van der Waals surface area (Å²) in [5.74, 6) is -1.09. The molecule has 0 aliphatic rings. The Bertz CT molecular complexity index is 1300. The molecule has 34 heavy (non-hydrogen) atoms. The van der Waals surface area contributed by atoms with Crippen LogP contribution in [0.1, 0.15) is 16.8 Å². The van der Waals surface area contributed by atoms with Gasteiger partial charge < -0.3 is 5.32 Å². The Kier molecular flexibility index (Phi) is 6.57. The van der Waals surface area contributed by atoms with Gasteiger partial charge in [0.1, 0.15) is 0 Å². The van der Waals surface area contributed by atoms with Crippen molar-refractivity contribution in [1.29, 1.82) is 0 Å². The molecule has 0 aliphatic carbocycles. The molecule has 15 heteroatoms. The highest BCUT2D eigenvalue weighted by atomic mass is 35.5. The second-order valence-electron chi connectivity index (χ2n) is 6.61. The third kappa shape index (κ3) is 5.41. The number of aromatic nitrogens is 2. The van der Waals surface area contributed by atoms with E-state index in [2.05, 4.69) is 4.98 Å². The van der Waals surface area contributed by atoms with E-state index in [1.54, 1.807) is 0 Å². The van der Waals surface area contributed by atoms with Gasteiger partial charge in [-0.2, -0.15) is 39.5 Å². The third-order valence-corrected chi connectivity index (χ3v) is 4.80. The van der Waals surface area contributed by atoms with Crippen LogP contribution in [0.3, 0.4) is 0 Å². The normalized spacial score (nSPS) is 12.7. The minimum Gasteiger partial charge on any atom is -0.325 e. The van der Waals surface area contributed by atoms with Crippen LogP contribution in [-0.2, 0) is 18.5 Å². The number of nitrogens with one attached hydrogen (secondary N) is 1. The summed E-state index contributed by atoms with van der Waals surface area (Å²) in [4.78, 5) is 15.7. The Labute approximate surface area is 193 Å². The van der Waals surface area contributed by atoms with Crippen molar-refractivity contribution in [2.24, 2.45) is 0 Å². The molecule has 1 aromatic heterocycles. The number of benzene rings is 2. The Balaban J connectivity index is 2.29. The highest BCUT2D eigenvalue weighted by Gasteiger charge is 2.39. The largest absolute Gasteiger partial charge is 0.433 e. The van der Waals surface area contributed by atoms with E-state index in [1.807, 2.05) is 5.32 Å². The summed E-state index contributed by atoms with van der Waals surface area (Å²) >= 11 is 11.7. The average molecular weight is 536 g/mol. The highest BCUT2D eigenvalue weighted by Crippen LogP contribution is 2.40.